The Bertz CT molecular complexity index is 1280. The summed E-state index contributed by atoms with van der Waals surface area (Å²) in [6.45, 7) is 7.22. The van der Waals surface area contributed by atoms with E-state index in [2.05, 4.69) is 26.2 Å². The maximum absolute atomic E-state index is 14.2. The molecular weight excluding hydrogens is 558 g/mol. The number of esters is 1. The number of fused-ring (bicyclic) bond motifs is 1. The maximum Gasteiger partial charge on any atom is 0.306 e. The molecule has 186 valence electrons. The number of hydrogen-bond donors (Lipinski definition) is 1. The van der Waals surface area contributed by atoms with Crippen LogP contribution in [0.15, 0.2) is 40.9 Å². The third kappa shape index (κ3) is 6.93. The highest BCUT2D eigenvalue weighted by Gasteiger charge is 2.24. The Morgan fingerprint density at radius 2 is 1.91 bits per heavy atom. The summed E-state index contributed by atoms with van der Waals surface area (Å²) in [5.74, 6) is -1.73. The molecule has 0 saturated carbocycles. The van der Waals surface area contributed by atoms with Crippen LogP contribution in [0.4, 0.5) is 4.39 Å². The van der Waals surface area contributed by atoms with Crippen LogP contribution in [-0.4, -0.2) is 29.0 Å². The first-order valence-electron chi connectivity index (χ1n) is 11.1. The van der Waals surface area contributed by atoms with Crippen molar-refractivity contribution in [2.75, 3.05) is 6.54 Å². The quantitative estimate of drug-likeness (QED) is 0.233. The molecule has 2 aromatic carbocycles. The molecule has 0 saturated heterocycles. The summed E-state index contributed by atoms with van der Waals surface area (Å²) >= 11 is 16.0. The van der Waals surface area contributed by atoms with Gasteiger partial charge in [0, 0.05) is 28.7 Å². The van der Waals surface area contributed by atoms with Crippen molar-refractivity contribution >= 4 is 61.9 Å². The van der Waals surface area contributed by atoms with Gasteiger partial charge in [-0.25, -0.2) is 9.37 Å². The first kappa shape index (κ1) is 27.4. The summed E-state index contributed by atoms with van der Waals surface area (Å²) < 4.78 is 20.4. The molecule has 0 radical (unpaired) electrons. The lowest BCUT2D eigenvalue weighted by atomic mass is 9.93. The lowest BCUT2D eigenvalue weighted by Crippen LogP contribution is -2.30. The molecule has 1 unspecified atom stereocenters. The predicted octanol–water partition coefficient (Wildman–Crippen LogP) is 7.39. The topological polar surface area (TPSA) is 68.3 Å². The molecule has 0 aliphatic rings. The predicted molar refractivity (Wildman–Crippen MR) is 141 cm³/mol. The van der Waals surface area contributed by atoms with Crippen molar-refractivity contribution in [3.63, 3.8) is 0 Å². The van der Waals surface area contributed by atoms with Crippen molar-refractivity contribution in [1.82, 2.24) is 10.3 Å². The summed E-state index contributed by atoms with van der Waals surface area (Å²) in [4.78, 5) is 30.0. The van der Waals surface area contributed by atoms with Crippen molar-refractivity contribution in [1.29, 1.82) is 0 Å². The molecule has 5 nitrogen and oxygen atoms in total. The molecule has 9 heteroatoms. The molecule has 1 N–H and O–H groups in total. The van der Waals surface area contributed by atoms with Gasteiger partial charge in [-0.05, 0) is 69.5 Å². The first-order chi connectivity index (χ1) is 16.4. The minimum atomic E-state index is -0.620. The fraction of sp³-hybridized carbons (Fsp3) is 0.346. The van der Waals surface area contributed by atoms with Crippen molar-refractivity contribution in [3.8, 4) is 0 Å². The van der Waals surface area contributed by atoms with Gasteiger partial charge in [0.1, 0.15) is 16.6 Å². The Hall–Kier alpha value is -2.22. The fourth-order valence-electron chi connectivity index (χ4n) is 3.79. The Balaban J connectivity index is 1.88. The van der Waals surface area contributed by atoms with Gasteiger partial charge in [-0.15, -0.1) is 0 Å². The second kappa shape index (κ2) is 11.2. The monoisotopic (exact) mass is 582 g/mol. The van der Waals surface area contributed by atoms with Crippen molar-refractivity contribution in [2.24, 2.45) is 0 Å². The lowest BCUT2D eigenvalue weighted by molar-refractivity contribution is -0.155. The van der Waals surface area contributed by atoms with E-state index in [1.165, 1.54) is 6.07 Å². The molecule has 1 atom stereocenters. The van der Waals surface area contributed by atoms with E-state index in [-0.39, 0.29) is 35.0 Å². The van der Waals surface area contributed by atoms with Gasteiger partial charge in [-0.2, -0.15) is 0 Å². The molecule has 0 fully saturated rings. The van der Waals surface area contributed by atoms with Crippen molar-refractivity contribution < 1.29 is 18.7 Å². The molecule has 1 amide bonds. The largest absolute Gasteiger partial charge is 0.460 e. The minimum Gasteiger partial charge on any atom is -0.460 e. The van der Waals surface area contributed by atoms with Crippen molar-refractivity contribution in [3.05, 3.63) is 73.6 Å². The summed E-state index contributed by atoms with van der Waals surface area (Å²) in [6.07, 6.45) is 0.390. The van der Waals surface area contributed by atoms with E-state index in [1.54, 1.807) is 45.9 Å². The van der Waals surface area contributed by atoms with Crippen LogP contribution in [0.1, 0.15) is 61.0 Å². The highest BCUT2D eigenvalue weighted by molar-refractivity contribution is 9.10. The van der Waals surface area contributed by atoms with Crippen LogP contribution in [0.2, 0.25) is 10.2 Å². The number of aromatic nitrogens is 1. The van der Waals surface area contributed by atoms with Crippen molar-refractivity contribution in [2.45, 2.75) is 52.1 Å². The van der Waals surface area contributed by atoms with E-state index < -0.39 is 17.3 Å². The molecule has 0 aliphatic heterocycles. The molecule has 3 rings (SSSR count). The van der Waals surface area contributed by atoms with Gasteiger partial charge in [0.25, 0.3) is 5.91 Å². The van der Waals surface area contributed by atoms with Crippen LogP contribution >= 0.6 is 39.1 Å². The van der Waals surface area contributed by atoms with Gasteiger partial charge in [0.2, 0.25) is 0 Å². The second-order valence-corrected chi connectivity index (χ2v) is 10.9. The third-order valence-corrected chi connectivity index (χ3v) is 6.67. The van der Waals surface area contributed by atoms with E-state index in [1.807, 2.05) is 12.1 Å². The zero-order chi connectivity index (χ0) is 25.9. The van der Waals surface area contributed by atoms with E-state index in [0.717, 1.165) is 4.47 Å². The molecule has 3 aromatic rings. The van der Waals surface area contributed by atoms with Crippen LogP contribution in [0.25, 0.3) is 10.9 Å². The zero-order valence-corrected chi connectivity index (χ0v) is 22.9. The van der Waals surface area contributed by atoms with Gasteiger partial charge in [-0.3, -0.25) is 9.59 Å². The second-order valence-electron chi connectivity index (χ2n) is 9.24. The Labute approximate surface area is 222 Å². The highest BCUT2D eigenvalue weighted by Crippen LogP contribution is 2.31. The van der Waals surface area contributed by atoms with Crippen LogP contribution in [0.5, 0.6) is 0 Å². The summed E-state index contributed by atoms with van der Waals surface area (Å²) in [7, 11) is 0. The highest BCUT2D eigenvalue weighted by atomic mass is 79.9. The average Bonchev–Trinajstić information content (AvgIpc) is 2.76. The molecule has 1 aromatic heterocycles. The molecule has 1 heterocycles. The molecule has 35 heavy (non-hydrogen) atoms. The normalized spacial score (nSPS) is 12.5. The third-order valence-electron chi connectivity index (χ3n) is 5.41. The van der Waals surface area contributed by atoms with Gasteiger partial charge < -0.3 is 10.1 Å². The van der Waals surface area contributed by atoms with Crippen LogP contribution in [0.3, 0.4) is 0 Å². The van der Waals surface area contributed by atoms with Crippen LogP contribution in [-0.2, 0) is 9.53 Å². The Morgan fingerprint density at radius 3 is 2.60 bits per heavy atom. The standard InChI is InChI=1S/C26H26BrCl2FN2O3/c1-14-22(18-12-16(27)9-10-20(18)32-24(14)29)25(34)31-13-15(8-11-21(33)35-26(2,3)4)17-6-5-7-19(30)23(17)28/h5-7,9-10,12,15H,8,11,13H2,1-4H3,(H,31,34). The fourth-order valence-corrected chi connectivity index (χ4v) is 4.61. The van der Waals surface area contributed by atoms with E-state index >= 15 is 0 Å². The van der Waals surface area contributed by atoms with Gasteiger partial charge in [0.15, 0.2) is 0 Å². The minimum absolute atomic E-state index is 0.0338. The number of halogens is 4. The van der Waals surface area contributed by atoms with E-state index in [4.69, 9.17) is 27.9 Å². The molecule has 0 spiro atoms. The summed E-state index contributed by atoms with van der Waals surface area (Å²) in [5.41, 5.74) is 1.42. The van der Waals surface area contributed by atoms with E-state index in [0.29, 0.717) is 34.0 Å². The van der Waals surface area contributed by atoms with Crippen LogP contribution < -0.4 is 5.32 Å². The van der Waals surface area contributed by atoms with E-state index in [9.17, 15) is 14.0 Å². The average molecular weight is 584 g/mol. The number of hydrogen-bond acceptors (Lipinski definition) is 4. The molecular formula is C26H26BrCl2FN2O3. The number of nitrogens with zero attached hydrogens (tertiary/aromatic N) is 1. The number of carbonyl (C=O) groups is 2. The number of carbonyl (C=O) groups excluding carboxylic acids is 2. The maximum atomic E-state index is 14.2. The number of amides is 1. The lowest BCUT2D eigenvalue weighted by Gasteiger charge is -2.22. The number of nitrogens with one attached hydrogen (secondary N) is 1. The zero-order valence-electron chi connectivity index (χ0n) is 19.8. The SMILES string of the molecule is Cc1c(Cl)nc2ccc(Br)cc2c1C(=O)NCC(CCC(=O)OC(C)(C)C)c1cccc(F)c1Cl. The summed E-state index contributed by atoms with van der Waals surface area (Å²) in [5, 5.41) is 3.77. The number of benzene rings is 2. The Morgan fingerprint density at radius 1 is 1.20 bits per heavy atom. The molecule has 0 aliphatic carbocycles. The van der Waals surface area contributed by atoms with Crippen LogP contribution in [0, 0.1) is 12.7 Å². The van der Waals surface area contributed by atoms with Gasteiger partial charge in [-0.1, -0.05) is 51.3 Å². The Kier molecular flexibility index (Phi) is 8.78. The molecule has 0 bridgehead atoms. The first-order valence-corrected chi connectivity index (χ1v) is 12.6. The number of rotatable bonds is 7. The smallest absolute Gasteiger partial charge is 0.306 e. The van der Waals surface area contributed by atoms with Gasteiger partial charge in [0.05, 0.1) is 16.1 Å². The number of ether oxygens (including phenoxy) is 1. The van der Waals surface area contributed by atoms with Gasteiger partial charge >= 0.3 is 5.97 Å². The summed E-state index contributed by atoms with van der Waals surface area (Å²) in [6, 6.07) is 9.92. The number of pyridine rings is 1.